The first-order chi connectivity index (χ1) is 13.3. The molecule has 0 bridgehead atoms. The highest BCUT2D eigenvalue weighted by Crippen LogP contribution is 2.11. The van der Waals surface area contributed by atoms with E-state index in [1.54, 1.807) is 12.1 Å². The molecule has 0 fully saturated rings. The van der Waals surface area contributed by atoms with Crippen molar-refractivity contribution in [1.29, 1.82) is 0 Å². The maximum absolute atomic E-state index is 12.0. The molecular formula is C20H18N2O6. The van der Waals surface area contributed by atoms with Gasteiger partial charge >= 0.3 is 11.9 Å². The molecule has 0 saturated heterocycles. The average Bonchev–Trinajstić information content (AvgIpc) is 2.67. The molecule has 2 rings (SSSR count). The third kappa shape index (κ3) is 6.75. The van der Waals surface area contributed by atoms with Gasteiger partial charge in [-0.05, 0) is 43.3 Å². The molecular weight excluding hydrogens is 364 g/mol. The van der Waals surface area contributed by atoms with Crippen LogP contribution in [0.5, 0.6) is 0 Å². The van der Waals surface area contributed by atoms with Gasteiger partial charge in [0.1, 0.15) is 0 Å². The number of hydrogen-bond donors (Lipinski definition) is 3. The van der Waals surface area contributed by atoms with E-state index in [2.05, 4.69) is 10.6 Å². The van der Waals surface area contributed by atoms with Crippen LogP contribution in [0.2, 0.25) is 0 Å². The van der Waals surface area contributed by atoms with Crippen molar-refractivity contribution in [3.05, 3.63) is 71.8 Å². The summed E-state index contributed by atoms with van der Waals surface area (Å²) in [5.74, 6) is -3.01. The van der Waals surface area contributed by atoms with E-state index in [9.17, 15) is 19.2 Å². The van der Waals surface area contributed by atoms with Gasteiger partial charge in [-0.15, -0.1) is 0 Å². The highest BCUT2D eigenvalue weighted by atomic mass is 16.5. The molecule has 144 valence electrons. The minimum absolute atomic E-state index is 0.196. The van der Waals surface area contributed by atoms with Crippen molar-refractivity contribution in [3.8, 4) is 0 Å². The summed E-state index contributed by atoms with van der Waals surface area (Å²) < 4.78 is 4.96. The number of ether oxygens (including phenoxy) is 1. The van der Waals surface area contributed by atoms with Crippen LogP contribution >= 0.6 is 0 Å². The van der Waals surface area contributed by atoms with Crippen molar-refractivity contribution in [2.24, 2.45) is 0 Å². The number of rotatable bonds is 7. The van der Waals surface area contributed by atoms with Crippen LogP contribution in [0.15, 0.2) is 60.7 Å². The molecule has 0 spiro atoms. The molecule has 2 aromatic rings. The Bertz CT molecular complexity index is 901. The summed E-state index contributed by atoms with van der Waals surface area (Å²) in [7, 11) is 0. The van der Waals surface area contributed by atoms with Crippen LogP contribution in [-0.4, -0.2) is 35.5 Å². The summed E-state index contributed by atoms with van der Waals surface area (Å²) in [6.07, 6.45) is 1.58. The number of aliphatic carboxylic acids is 1. The van der Waals surface area contributed by atoms with E-state index in [-0.39, 0.29) is 5.56 Å². The standard InChI is InChI=1S/C20H18N2O6/c1-13-2-6-15(7-3-13)22-18(24)12-28-20(27)14-4-8-16(9-5-14)21-17(23)10-11-19(25)26/h2-11H,12H2,1H3,(H,21,23)(H,22,24)(H,25,26). The van der Waals surface area contributed by atoms with Crippen molar-refractivity contribution in [1.82, 2.24) is 0 Å². The number of aryl methyl sites for hydroxylation is 1. The topological polar surface area (TPSA) is 122 Å². The fourth-order valence-electron chi connectivity index (χ4n) is 2.07. The van der Waals surface area contributed by atoms with Gasteiger partial charge in [0.2, 0.25) is 5.91 Å². The van der Waals surface area contributed by atoms with Crippen LogP contribution < -0.4 is 10.6 Å². The van der Waals surface area contributed by atoms with Crippen LogP contribution in [0.4, 0.5) is 11.4 Å². The number of esters is 1. The zero-order valence-corrected chi connectivity index (χ0v) is 15.0. The quantitative estimate of drug-likeness (QED) is 0.499. The SMILES string of the molecule is Cc1ccc(NC(=O)COC(=O)c2ccc(NC(=O)C=CC(=O)O)cc2)cc1. The smallest absolute Gasteiger partial charge is 0.338 e. The number of carbonyl (C=O) groups excluding carboxylic acids is 3. The number of anilines is 2. The molecule has 2 amide bonds. The second-order valence-electron chi connectivity index (χ2n) is 5.73. The Morgan fingerprint density at radius 2 is 1.46 bits per heavy atom. The summed E-state index contributed by atoms with van der Waals surface area (Å²) in [4.78, 5) is 45.7. The van der Waals surface area contributed by atoms with E-state index >= 15 is 0 Å². The van der Waals surface area contributed by atoms with Crippen LogP contribution in [0.3, 0.4) is 0 Å². The van der Waals surface area contributed by atoms with Gasteiger partial charge in [0.25, 0.3) is 5.91 Å². The van der Waals surface area contributed by atoms with Crippen LogP contribution in [0.1, 0.15) is 15.9 Å². The number of carboxylic acid groups (broad SMARTS) is 1. The molecule has 3 N–H and O–H groups in total. The van der Waals surface area contributed by atoms with Gasteiger partial charge in [-0.25, -0.2) is 9.59 Å². The van der Waals surface area contributed by atoms with Gasteiger partial charge in [0.05, 0.1) is 5.56 Å². The van der Waals surface area contributed by atoms with Crippen molar-refractivity contribution < 1.29 is 29.0 Å². The second-order valence-corrected chi connectivity index (χ2v) is 5.73. The van der Waals surface area contributed by atoms with Crippen LogP contribution in [0, 0.1) is 6.92 Å². The first kappa shape index (κ1) is 20.4. The molecule has 0 aliphatic heterocycles. The Balaban J connectivity index is 1.83. The molecule has 0 aliphatic rings. The Hall–Kier alpha value is -3.94. The lowest BCUT2D eigenvalue weighted by Crippen LogP contribution is -2.20. The number of carboxylic acids is 1. The molecule has 0 radical (unpaired) electrons. The van der Waals surface area contributed by atoms with Crippen molar-refractivity contribution in [3.63, 3.8) is 0 Å². The van der Waals surface area contributed by atoms with Gasteiger partial charge in [-0.3, -0.25) is 9.59 Å². The lowest BCUT2D eigenvalue weighted by atomic mass is 10.2. The third-order valence-electron chi connectivity index (χ3n) is 3.44. The van der Waals surface area contributed by atoms with E-state index in [0.717, 1.165) is 11.6 Å². The van der Waals surface area contributed by atoms with Gasteiger partial charge in [0, 0.05) is 23.5 Å². The van der Waals surface area contributed by atoms with Crippen LogP contribution in [-0.2, 0) is 19.1 Å². The summed E-state index contributed by atoms with van der Waals surface area (Å²) in [6.45, 7) is 1.49. The highest BCUT2D eigenvalue weighted by molar-refractivity contribution is 6.02. The average molecular weight is 382 g/mol. The molecule has 2 aromatic carbocycles. The molecule has 28 heavy (non-hydrogen) atoms. The minimum Gasteiger partial charge on any atom is -0.478 e. The Morgan fingerprint density at radius 3 is 2.07 bits per heavy atom. The Kier molecular flexibility index (Phi) is 7.04. The van der Waals surface area contributed by atoms with Gasteiger partial charge in [-0.2, -0.15) is 0 Å². The molecule has 0 saturated carbocycles. The summed E-state index contributed by atoms with van der Waals surface area (Å²) in [5, 5.41) is 13.5. The molecule has 0 aromatic heterocycles. The van der Waals surface area contributed by atoms with Gasteiger partial charge < -0.3 is 20.5 Å². The number of carbonyl (C=O) groups is 4. The van der Waals surface area contributed by atoms with E-state index < -0.39 is 30.4 Å². The Morgan fingerprint density at radius 1 is 0.893 bits per heavy atom. The fourth-order valence-corrected chi connectivity index (χ4v) is 2.07. The van der Waals surface area contributed by atoms with Crippen molar-refractivity contribution in [2.75, 3.05) is 17.2 Å². The van der Waals surface area contributed by atoms with Gasteiger partial charge in [0.15, 0.2) is 6.61 Å². The largest absolute Gasteiger partial charge is 0.478 e. The number of nitrogens with one attached hydrogen (secondary N) is 2. The molecule has 0 heterocycles. The normalized spacial score (nSPS) is 10.3. The maximum Gasteiger partial charge on any atom is 0.338 e. The molecule has 0 atom stereocenters. The predicted molar refractivity (Wildman–Crippen MR) is 102 cm³/mol. The minimum atomic E-state index is -1.24. The number of hydrogen-bond acceptors (Lipinski definition) is 5. The monoisotopic (exact) mass is 382 g/mol. The fraction of sp³-hybridized carbons (Fsp3) is 0.100. The van der Waals surface area contributed by atoms with Crippen molar-refractivity contribution >= 4 is 35.1 Å². The first-order valence-electron chi connectivity index (χ1n) is 8.19. The highest BCUT2D eigenvalue weighted by Gasteiger charge is 2.11. The van der Waals surface area contributed by atoms with E-state index in [1.165, 1.54) is 24.3 Å². The molecule has 0 unspecified atom stereocenters. The van der Waals surface area contributed by atoms with E-state index in [1.807, 2.05) is 19.1 Å². The molecule has 8 nitrogen and oxygen atoms in total. The zero-order chi connectivity index (χ0) is 20.5. The third-order valence-corrected chi connectivity index (χ3v) is 3.44. The summed E-state index contributed by atoms with van der Waals surface area (Å²) >= 11 is 0. The Labute approximate surface area is 160 Å². The summed E-state index contributed by atoms with van der Waals surface area (Å²) in [6, 6.07) is 12.9. The van der Waals surface area contributed by atoms with E-state index in [0.29, 0.717) is 17.5 Å². The zero-order valence-electron chi connectivity index (χ0n) is 15.0. The lowest BCUT2D eigenvalue weighted by molar-refractivity contribution is -0.131. The van der Waals surface area contributed by atoms with E-state index in [4.69, 9.17) is 9.84 Å². The predicted octanol–water partition coefficient (Wildman–Crippen LogP) is 2.37. The number of amides is 2. The molecule has 0 aliphatic carbocycles. The lowest BCUT2D eigenvalue weighted by Gasteiger charge is -2.07. The summed E-state index contributed by atoms with van der Waals surface area (Å²) in [5.41, 5.74) is 2.22. The van der Waals surface area contributed by atoms with Crippen molar-refractivity contribution in [2.45, 2.75) is 6.92 Å². The molecule has 8 heteroatoms. The second kappa shape index (κ2) is 9.67. The maximum atomic E-state index is 12.0. The first-order valence-corrected chi connectivity index (χ1v) is 8.19. The van der Waals surface area contributed by atoms with Gasteiger partial charge in [-0.1, -0.05) is 17.7 Å². The van der Waals surface area contributed by atoms with Crippen LogP contribution in [0.25, 0.3) is 0 Å². The number of benzene rings is 2.